The lowest BCUT2D eigenvalue weighted by Gasteiger charge is -2.58. The fourth-order valence-electron chi connectivity index (χ4n) is 4.35. The molecule has 0 saturated carbocycles. The highest BCUT2D eigenvalue weighted by atomic mass is 32.2. The summed E-state index contributed by atoms with van der Waals surface area (Å²) in [5.41, 5.74) is 1.74. The summed E-state index contributed by atoms with van der Waals surface area (Å²) in [6.45, 7) is 5.36. The smallest absolute Gasteiger partial charge is 0.316 e. The van der Waals surface area contributed by atoms with Gasteiger partial charge in [-0.05, 0) is 20.3 Å². The van der Waals surface area contributed by atoms with Crippen LogP contribution in [0, 0.1) is 5.41 Å². The maximum Gasteiger partial charge on any atom is 0.316 e. The molecule has 2 aromatic rings. The number of carbonyl (C=O) groups is 3. The Balaban J connectivity index is 1.54. The van der Waals surface area contributed by atoms with E-state index in [-0.39, 0.29) is 52.4 Å². The second-order valence-corrected chi connectivity index (χ2v) is 12.7. The second-order valence-electron chi connectivity index (χ2n) is 9.78. The van der Waals surface area contributed by atoms with Gasteiger partial charge in [-0.25, -0.2) is 4.98 Å². The van der Waals surface area contributed by atoms with Crippen molar-refractivity contribution >= 4 is 63.5 Å². The van der Waals surface area contributed by atoms with Crippen LogP contribution in [0.2, 0.25) is 0 Å². The number of nitrogens with two attached hydrogens (primary N) is 1. The first-order valence-electron chi connectivity index (χ1n) is 12.7. The molecule has 2 aromatic heterocycles. The van der Waals surface area contributed by atoms with Crippen molar-refractivity contribution in [2.24, 2.45) is 10.6 Å². The number of nitrogens with zero attached hydrogens (tertiary/aromatic N) is 6. The molecule has 2 unspecified atom stereocenters. The summed E-state index contributed by atoms with van der Waals surface area (Å²) in [4.78, 5) is 62.4. The number of nitrogen functional groups attached to an aromatic ring is 1. The van der Waals surface area contributed by atoms with Crippen LogP contribution < -0.4 is 16.6 Å². The van der Waals surface area contributed by atoms with E-state index in [0.717, 1.165) is 34.9 Å². The number of ether oxygens (including phenoxy) is 1. The van der Waals surface area contributed by atoms with Gasteiger partial charge < -0.3 is 35.7 Å². The maximum atomic E-state index is 13.5. The summed E-state index contributed by atoms with van der Waals surface area (Å²) in [5.74, 6) is -3.34. The summed E-state index contributed by atoms with van der Waals surface area (Å²) in [5, 5.41) is 34.9. The first-order chi connectivity index (χ1) is 19.9. The average Bonchev–Trinajstić information content (AvgIpc) is 3.39. The molecule has 2 saturated heterocycles. The molecular weight excluding hydrogens is 613 g/mol. The summed E-state index contributed by atoms with van der Waals surface area (Å²) in [6, 6.07) is -0.378. The predicted molar refractivity (Wildman–Crippen MR) is 154 cm³/mol. The van der Waals surface area contributed by atoms with Crippen LogP contribution in [0.4, 0.5) is 5.13 Å². The van der Waals surface area contributed by atoms with E-state index < -0.39 is 45.7 Å². The molecule has 0 bridgehead atoms. The lowest BCUT2D eigenvalue weighted by atomic mass is 9.88. The third-order valence-corrected chi connectivity index (χ3v) is 10.1. The van der Waals surface area contributed by atoms with Crippen LogP contribution in [-0.2, 0) is 24.0 Å². The van der Waals surface area contributed by atoms with Crippen LogP contribution in [-0.4, -0.2) is 101 Å². The van der Waals surface area contributed by atoms with Crippen LogP contribution in [0.25, 0.3) is 0 Å². The zero-order chi connectivity index (χ0) is 30.8. The predicted octanol–water partition coefficient (Wildman–Crippen LogP) is 0.332. The Morgan fingerprint density at radius 3 is 2.69 bits per heavy atom. The van der Waals surface area contributed by atoms with Gasteiger partial charge in [-0.2, -0.15) is 0 Å². The number of carbonyl (C=O) groups excluding carboxylic acids is 2. The molecule has 2 fully saturated rings. The number of aliphatic carboxylic acids is 1. The Morgan fingerprint density at radius 2 is 2.10 bits per heavy atom. The van der Waals surface area contributed by atoms with E-state index in [4.69, 9.17) is 15.3 Å². The van der Waals surface area contributed by atoms with Crippen molar-refractivity contribution in [3.05, 3.63) is 21.4 Å². The molecule has 0 aliphatic carbocycles. The molecule has 42 heavy (non-hydrogen) atoms. The van der Waals surface area contributed by atoms with Gasteiger partial charge in [0.05, 0.1) is 0 Å². The number of hydrogen-bond donors (Lipinski definition) is 4. The zero-order valence-electron chi connectivity index (χ0n) is 23.1. The monoisotopic (exact) mass is 642 g/mol. The number of anilines is 1. The number of fused-ring (bicyclic) bond motifs is 1. The second kappa shape index (κ2) is 12.4. The highest BCUT2D eigenvalue weighted by Crippen LogP contribution is 2.48. The van der Waals surface area contributed by atoms with E-state index in [0.29, 0.717) is 6.42 Å². The normalized spacial score (nSPS) is 23.8. The summed E-state index contributed by atoms with van der Waals surface area (Å²) in [7, 11) is 1.27. The summed E-state index contributed by atoms with van der Waals surface area (Å²) >= 11 is 3.22. The lowest BCUT2D eigenvalue weighted by Crippen LogP contribution is -2.83. The standard InChI is InChI=1S/C23H30N8O8S3/c1-5-6-39-29-13(12-7-40-20(24)25-12)14(32)26-23(38-4)17(35)30-8-22(19(36)37,9-41-18(23)30)10-42-21-28-27-15(33)16(34)31(21)11(2)3/h7,11,18H,5-6,8-10H2,1-4H3,(H2,24,25)(H,26,32)(H,27,33)(H,36,37)/t18-,22?,23?/m1/s1. The third kappa shape index (κ3) is 5.64. The largest absolute Gasteiger partial charge is 0.488 e. The van der Waals surface area contributed by atoms with Crippen molar-refractivity contribution in [1.82, 2.24) is 30.0 Å². The maximum absolute atomic E-state index is 13.5. The van der Waals surface area contributed by atoms with Gasteiger partial charge in [0.2, 0.25) is 0 Å². The van der Waals surface area contributed by atoms with Crippen LogP contribution in [0.3, 0.4) is 0 Å². The minimum atomic E-state index is -1.78. The topological polar surface area (TPSA) is 224 Å². The van der Waals surface area contributed by atoms with Gasteiger partial charge in [0.25, 0.3) is 23.4 Å². The highest BCUT2D eigenvalue weighted by Gasteiger charge is 2.67. The number of thioether (sulfide) groups is 2. The van der Waals surface area contributed by atoms with Crippen molar-refractivity contribution in [1.29, 1.82) is 0 Å². The molecule has 5 N–H and O–H groups in total. The van der Waals surface area contributed by atoms with Crippen molar-refractivity contribution in [2.45, 2.75) is 49.5 Å². The molecule has 0 aromatic carbocycles. The van der Waals surface area contributed by atoms with Gasteiger partial charge in [0.1, 0.15) is 23.1 Å². The molecule has 0 spiro atoms. The summed E-state index contributed by atoms with van der Waals surface area (Å²) in [6.07, 6.45) is 0.643. The Hall–Kier alpha value is -3.42. The SMILES string of the molecule is CCCON=C(C(=O)NC1(OC)C(=O)N2CC(CSc3nnc(O)c(=O)n3C(C)C)(C(=O)O)CS[C@@H]21)c1csc(N)n1. The zero-order valence-corrected chi connectivity index (χ0v) is 25.5. The van der Waals surface area contributed by atoms with Gasteiger partial charge in [0.15, 0.2) is 16.0 Å². The van der Waals surface area contributed by atoms with E-state index in [1.54, 1.807) is 13.8 Å². The van der Waals surface area contributed by atoms with E-state index in [2.05, 4.69) is 25.7 Å². The quantitative estimate of drug-likeness (QED) is 0.0612. The molecule has 16 nitrogen and oxygen atoms in total. The molecule has 19 heteroatoms. The number of amides is 2. The number of oxime groups is 1. The average molecular weight is 643 g/mol. The number of aromatic hydroxyl groups is 1. The Kier molecular flexibility index (Phi) is 9.33. The molecule has 0 radical (unpaired) electrons. The van der Waals surface area contributed by atoms with Gasteiger partial charge in [-0.3, -0.25) is 23.7 Å². The van der Waals surface area contributed by atoms with Gasteiger partial charge >= 0.3 is 11.5 Å². The van der Waals surface area contributed by atoms with Crippen molar-refractivity contribution in [3.63, 3.8) is 0 Å². The molecule has 228 valence electrons. The van der Waals surface area contributed by atoms with E-state index in [9.17, 15) is 29.4 Å². The van der Waals surface area contributed by atoms with Crippen LogP contribution in [0.5, 0.6) is 5.88 Å². The number of nitrogens with one attached hydrogen (secondary N) is 1. The number of aromatic nitrogens is 4. The Morgan fingerprint density at radius 1 is 1.36 bits per heavy atom. The third-order valence-electron chi connectivity index (χ3n) is 6.55. The van der Waals surface area contributed by atoms with Gasteiger partial charge in [-0.1, -0.05) is 23.8 Å². The van der Waals surface area contributed by atoms with Crippen LogP contribution in [0.15, 0.2) is 20.5 Å². The Bertz CT molecular complexity index is 1470. The number of rotatable bonds is 12. The minimum absolute atomic E-state index is 0.0470. The Labute approximate surface area is 252 Å². The molecule has 4 heterocycles. The van der Waals surface area contributed by atoms with Crippen molar-refractivity contribution in [3.8, 4) is 5.88 Å². The molecule has 2 aliphatic heterocycles. The van der Waals surface area contributed by atoms with Gasteiger partial charge in [0, 0.05) is 36.6 Å². The van der Waals surface area contributed by atoms with E-state index >= 15 is 0 Å². The first kappa shape index (κ1) is 31.5. The van der Waals surface area contributed by atoms with Crippen molar-refractivity contribution < 1.29 is 34.2 Å². The lowest BCUT2D eigenvalue weighted by molar-refractivity contribution is -0.199. The molecular formula is C23H30N8O8S3. The van der Waals surface area contributed by atoms with Gasteiger partial charge in [-0.15, -0.1) is 33.3 Å². The molecule has 3 atom stereocenters. The first-order valence-corrected chi connectivity index (χ1v) is 15.6. The number of hydrogen-bond acceptors (Lipinski definition) is 15. The number of methoxy groups -OCH3 is 1. The van der Waals surface area contributed by atoms with Crippen molar-refractivity contribution in [2.75, 3.05) is 37.5 Å². The number of carboxylic acid groups (broad SMARTS) is 1. The number of β-lactam (4-membered cyclic amide) rings is 1. The van der Waals surface area contributed by atoms with Crippen LogP contribution >= 0.6 is 34.9 Å². The van der Waals surface area contributed by atoms with E-state index in [1.807, 2.05) is 6.92 Å². The fraction of sp³-hybridized carbons (Fsp3) is 0.565. The number of carboxylic acids is 1. The minimum Gasteiger partial charge on any atom is -0.488 e. The summed E-state index contributed by atoms with van der Waals surface area (Å²) < 4.78 is 6.78. The molecule has 4 rings (SSSR count). The molecule has 2 amide bonds. The highest BCUT2D eigenvalue weighted by molar-refractivity contribution is 8.00. The number of thiazole rings is 1. The van der Waals surface area contributed by atoms with Crippen LogP contribution in [0.1, 0.15) is 38.9 Å². The fourth-order valence-corrected chi connectivity index (χ4v) is 7.91. The van der Waals surface area contributed by atoms with E-state index in [1.165, 1.54) is 22.0 Å². The molecule has 2 aliphatic rings.